The maximum Gasteiger partial charge on any atom is 0.153 e. The second-order valence-electron chi connectivity index (χ2n) is 3.55. The minimum atomic E-state index is -0.781. The highest BCUT2D eigenvalue weighted by molar-refractivity contribution is 6.36. The SMILES string of the molecule is CCOCC(O)COc1c(Cl)cc(Cl)cc1C=O. The van der Waals surface area contributed by atoms with Crippen LogP contribution in [0.3, 0.4) is 0 Å². The van der Waals surface area contributed by atoms with E-state index in [0.717, 1.165) is 0 Å². The van der Waals surface area contributed by atoms with Crippen LogP contribution in [0.5, 0.6) is 5.75 Å². The summed E-state index contributed by atoms with van der Waals surface area (Å²) in [5.74, 6) is 0.214. The Morgan fingerprint density at radius 3 is 2.72 bits per heavy atom. The van der Waals surface area contributed by atoms with Gasteiger partial charge in [0.15, 0.2) is 6.29 Å². The van der Waals surface area contributed by atoms with E-state index >= 15 is 0 Å². The van der Waals surface area contributed by atoms with Crippen molar-refractivity contribution >= 4 is 29.5 Å². The molecule has 0 aromatic heterocycles. The van der Waals surface area contributed by atoms with Crippen molar-refractivity contribution in [3.8, 4) is 5.75 Å². The van der Waals surface area contributed by atoms with E-state index in [1.54, 1.807) is 0 Å². The number of benzene rings is 1. The molecule has 0 aliphatic heterocycles. The van der Waals surface area contributed by atoms with Crippen molar-refractivity contribution in [1.82, 2.24) is 0 Å². The number of hydrogen-bond donors (Lipinski definition) is 1. The Balaban J connectivity index is 2.69. The number of carbonyl (C=O) groups excluding carboxylic acids is 1. The van der Waals surface area contributed by atoms with E-state index in [4.69, 9.17) is 32.7 Å². The Bertz CT molecular complexity index is 409. The van der Waals surface area contributed by atoms with E-state index in [-0.39, 0.29) is 29.5 Å². The smallest absolute Gasteiger partial charge is 0.153 e. The highest BCUT2D eigenvalue weighted by Crippen LogP contribution is 2.31. The molecule has 0 saturated heterocycles. The fourth-order valence-corrected chi connectivity index (χ4v) is 1.87. The van der Waals surface area contributed by atoms with Crippen LogP contribution in [0.15, 0.2) is 12.1 Å². The van der Waals surface area contributed by atoms with Crippen molar-refractivity contribution in [3.63, 3.8) is 0 Å². The van der Waals surface area contributed by atoms with E-state index in [1.807, 2.05) is 6.92 Å². The summed E-state index contributed by atoms with van der Waals surface area (Å²) in [7, 11) is 0. The average Bonchev–Trinajstić information content (AvgIpc) is 2.34. The van der Waals surface area contributed by atoms with Gasteiger partial charge >= 0.3 is 0 Å². The lowest BCUT2D eigenvalue weighted by Crippen LogP contribution is -2.23. The summed E-state index contributed by atoms with van der Waals surface area (Å²) < 4.78 is 10.4. The van der Waals surface area contributed by atoms with Gasteiger partial charge in [-0.2, -0.15) is 0 Å². The van der Waals surface area contributed by atoms with E-state index in [0.29, 0.717) is 17.9 Å². The van der Waals surface area contributed by atoms with E-state index in [9.17, 15) is 9.90 Å². The van der Waals surface area contributed by atoms with E-state index < -0.39 is 6.10 Å². The van der Waals surface area contributed by atoms with Gasteiger partial charge in [0, 0.05) is 11.6 Å². The molecule has 0 aliphatic rings. The molecule has 0 fully saturated rings. The number of aldehydes is 1. The first-order chi connectivity index (χ1) is 8.58. The van der Waals surface area contributed by atoms with Gasteiger partial charge in [-0.15, -0.1) is 0 Å². The Kier molecular flexibility index (Phi) is 6.43. The molecule has 1 aromatic rings. The molecule has 6 heteroatoms. The molecular weight excluding hydrogens is 279 g/mol. The predicted octanol–water partition coefficient (Wildman–Crippen LogP) is 2.58. The molecule has 0 spiro atoms. The van der Waals surface area contributed by atoms with Gasteiger partial charge in [-0.25, -0.2) is 0 Å². The van der Waals surface area contributed by atoms with Crippen molar-refractivity contribution in [2.45, 2.75) is 13.0 Å². The summed E-state index contributed by atoms with van der Waals surface area (Å²) >= 11 is 11.7. The summed E-state index contributed by atoms with van der Waals surface area (Å²) in [5, 5.41) is 10.1. The average molecular weight is 293 g/mol. The second kappa shape index (κ2) is 7.59. The molecule has 4 nitrogen and oxygen atoms in total. The Hall–Kier alpha value is -0.810. The van der Waals surface area contributed by atoms with Crippen molar-refractivity contribution in [3.05, 3.63) is 27.7 Å². The predicted molar refractivity (Wildman–Crippen MR) is 69.8 cm³/mol. The number of aliphatic hydroxyl groups is 1. The van der Waals surface area contributed by atoms with Crippen LogP contribution in [0.1, 0.15) is 17.3 Å². The zero-order valence-corrected chi connectivity index (χ0v) is 11.4. The standard InChI is InChI=1S/C12H14Cl2O4/c1-2-17-6-10(16)7-18-12-8(5-15)3-9(13)4-11(12)14/h3-5,10,16H,2,6-7H2,1H3. The number of carbonyl (C=O) groups is 1. The Morgan fingerprint density at radius 2 is 2.11 bits per heavy atom. The quantitative estimate of drug-likeness (QED) is 0.785. The third-order valence-electron chi connectivity index (χ3n) is 2.10. The summed E-state index contributed by atoms with van der Waals surface area (Å²) in [4.78, 5) is 10.9. The highest BCUT2D eigenvalue weighted by Gasteiger charge is 2.12. The van der Waals surface area contributed by atoms with Crippen molar-refractivity contribution in [2.24, 2.45) is 0 Å². The van der Waals surface area contributed by atoms with Gasteiger partial charge in [0.25, 0.3) is 0 Å². The lowest BCUT2D eigenvalue weighted by molar-refractivity contribution is 0.0163. The molecule has 0 heterocycles. The van der Waals surface area contributed by atoms with Crippen molar-refractivity contribution < 1.29 is 19.4 Å². The largest absolute Gasteiger partial charge is 0.488 e. The van der Waals surface area contributed by atoms with Crippen molar-refractivity contribution in [2.75, 3.05) is 19.8 Å². The number of ether oxygens (including phenoxy) is 2. The first kappa shape index (κ1) is 15.2. The molecule has 0 bridgehead atoms. The lowest BCUT2D eigenvalue weighted by atomic mass is 10.2. The molecule has 100 valence electrons. The van der Waals surface area contributed by atoms with Crippen LogP contribution in [0, 0.1) is 0 Å². The molecule has 1 N–H and O–H groups in total. The summed E-state index contributed by atoms with van der Waals surface area (Å²) in [6.45, 7) is 2.49. The second-order valence-corrected chi connectivity index (χ2v) is 4.39. The fourth-order valence-electron chi connectivity index (χ4n) is 1.30. The Morgan fingerprint density at radius 1 is 1.39 bits per heavy atom. The zero-order chi connectivity index (χ0) is 13.5. The molecule has 1 rings (SSSR count). The van der Waals surface area contributed by atoms with Crippen LogP contribution in [0.4, 0.5) is 0 Å². The van der Waals surface area contributed by atoms with E-state index in [2.05, 4.69) is 0 Å². The van der Waals surface area contributed by atoms with Gasteiger partial charge in [-0.05, 0) is 19.1 Å². The summed E-state index contributed by atoms with van der Waals surface area (Å²) in [5.41, 5.74) is 0.246. The van der Waals surface area contributed by atoms with E-state index in [1.165, 1.54) is 12.1 Å². The molecular formula is C12H14Cl2O4. The molecule has 18 heavy (non-hydrogen) atoms. The normalized spacial score (nSPS) is 12.2. The Labute approximate surface area is 115 Å². The molecule has 0 radical (unpaired) electrons. The highest BCUT2D eigenvalue weighted by atomic mass is 35.5. The number of hydrogen-bond acceptors (Lipinski definition) is 4. The minimum Gasteiger partial charge on any atom is -0.488 e. The topological polar surface area (TPSA) is 55.8 Å². The molecule has 1 unspecified atom stereocenters. The molecule has 0 aliphatic carbocycles. The molecule has 1 aromatic carbocycles. The third kappa shape index (κ3) is 4.46. The van der Waals surface area contributed by atoms with Crippen LogP contribution >= 0.6 is 23.2 Å². The minimum absolute atomic E-state index is 0.0117. The van der Waals surface area contributed by atoms with Crippen molar-refractivity contribution in [1.29, 1.82) is 0 Å². The maximum atomic E-state index is 10.9. The van der Waals surface area contributed by atoms with Gasteiger partial charge in [-0.1, -0.05) is 23.2 Å². The van der Waals surface area contributed by atoms with Gasteiger partial charge in [0.1, 0.15) is 18.5 Å². The third-order valence-corrected chi connectivity index (χ3v) is 2.60. The number of aliphatic hydroxyl groups excluding tert-OH is 1. The monoisotopic (exact) mass is 292 g/mol. The molecule has 1 atom stereocenters. The van der Waals surface area contributed by atoms with Gasteiger partial charge in [0.05, 0.1) is 17.2 Å². The number of rotatable bonds is 7. The summed E-state index contributed by atoms with van der Waals surface area (Å²) in [6.07, 6.45) is -0.182. The van der Waals surface area contributed by atoms with Crippen LogP contribution in [0.25, 0.3) is 0 Å². The first-order valence-corrected chi connectivity index (χ1v) is 6.16. The van der Waals surface area contributed by atoms with Crippen LogP contribution in [-0.4, -0.2) is 37.3 Å². The molecule has 0 saturated carbocycles. The van der Waals surface area contributed by atoms with Crippen LogP contribution in [-0.2, 0) is 4.74 Å². The summed E-state index contributed by atoms with van der Waals surface area (Å²) in [6, 6.07) is 2.92. The number of halogens is 2. The van der Waals surface area contributed by atoms with Gasteiger partial charge < -0.3 is 14.6 Å². The molecule has 0 amide bonds. The first-order valence-electron chi connectivity index (χ1n) is 5.41. The van der Waals surface area contributed by atoms with Crippen LogP contribution < -0.4 is 4.74 Å². The van der Waals surface area contributed by atoms with Crippen LogP contribution in [0.2, 0.25) is 10.0 Å². The zero-order valence-electron chi connectivity index (χ0n) is 9.86. The van der Waals surface area contributed by atoms with Gasteiger partial charge in [0.2, 0.25) is 0 Å². The van der Waals surface area contributed by atoms with Gasteiger partial charge in [-0.3, -0.25) is 4.79 Å². The fraction of sp³-hybridized carbons (Fsp3) is 0.417. The maximum absolute atomic E-state index is 10.9. The lowest BCUT2D eigenvalue weighted by Gasteiger charge is -2.14.